The predicted octanol–water partition coefficient (Wildman–Crippen LogP) is 3.87. The number of hydrogen-bond acceptors (Lipinski definition) is 2. The van der Waals surface area contributed by atoms with Crippen LogP contribution < -0.4 is 5.32 Å². The Morgan fingerprint density at radius 1 is 1.23 bits per heavy atom. The van der Waals surface area contributed by atoms with Gasteiger partial charge < -0.3 is 10.2 Å². The number of carbonyl (C=O) groups is 1. The summed E-state index contributed by atoms with van der Waals surface area (Å²) in [5.74, 6) is 0.940. The van der Waals surface area contributed by atoms with E-state index in [0.717, 1.165) is 37.9 Å². The number of nitrogens with one attached hydrogen (secondary N) is 1. The van der Waals surface area contributed by atoms with E-state index in [1.165, 1.54) is 6.42 Å². The Kier molecular flexibility index (Phi) is 5.27. The van der Waals surface area contributed by atoms with Gasteiger partial charge in [-0.05, 0) is 62.4 Å². The van der Waals surface area contributed by atoms with Crippen molar-refractivity contribution in [3.8, 4) is 0 Å². The van der Waals surface area contributed by atoms with Crippen molar-refractivity contribution < 1.29 is 4.79 Å². The lowest BCUT2D eigenvalue weighted by atomic mass is 10.0. The van der Waals surface area contributed by atoms with E-state index in [1.54, 1.807) is 6.07 Å². The normalized spacial score (nSPS) is 21.1. The molecule has 2 aliphatic rings. The molecule has 1 amide bonds. The van der Waals surface area contributed by atoms with E-state index in [0.29, 0.717) is 35.0 Å². The third kappa shape index (κ3) is 4.15. The van der Waals surface area contributed by atoms with Crippen LogP contribution in [0.25, 0.3) is 0 Å². The molecule has 120 valence electrons. The highest BCUT2D eigenvalue weighted by atomic mass is 35.5. The molecule has 0 bridgehead atoms. The number of benzene rings is 1. The van der Waals surface area contributed by atoms with Crippen LogP contribution in [0.2, 0.25) is 10.0 Å². The average molecular weight is 341 g/mol. The Morgan fingerprint density at radius 2 is 2.05 bits per heavy atom. The van der Waals surface area contributed by atoms with Crippen LogP contribution in [0.4, 0.5) is 0 Å². The first-order valence-corrected chi connectivity index (χ1v) is 8.83. The summed E-state index contributed by atoms with van der Waals surface area (Å²) < 4.78 is 0. The summed E-state index contributed by atoms with van der Waals surface area (Å²) >= 11 is 12.0. The van der Waals surface area contributed by atoms with E-state index in [-0.39, 0.29) is 5.91 Å². The smallest absolute Gasteiger partial charge is 0.223 e. The van der Waals surface area contributed by atoms with Crippen molar-refractivity contribution in [3.05, 3.63) is 33.8 Å². The summed E-state index contributed by atoms with van der Waals surface area (Å²) in [5.41, 5.74) is 1.05. The highest BCUT2D eigenvalue weighted by Gasteiger charge is 2.32. The third-order valence-corrected chi connectivity index (χ3v) is 5.31. The zero-order valence-corrected chi connectivity index (χ0v) is 14.2. The molecule has 1 N–H and O–H groups in total. The van der Waals surface area contributed by atoms with Crippen LogP contribution in [0.5, 0.6) is 0 Å². The van der Waals surface area contributed by atoms with Crippen LogP contribution in [0.1, 0.15) is 37.7 Å². The van der Waals surface area contributed by atoms with Gasteiger partial charge in [-0.1, -0.05) is 29.3 Å². The van der Waals surface area contributed by atoms with E-state index in [2.05, 4.69) is 5.32 Å². The van der Waals surface area contributed by atoms with E-state index in [1.807, 2.05) is 17.0 Å². The molecule has 22 heavy (non-hydrogen) atoms. The lowest BCUT2D eigenvalue weighted by Crippen LogP contribution is -2.32. The molecule has 1 atom stereocenters. The summed E-state index contributed by atoms with van der Waals surface area (Å²) in [6.45, 7) is 2.79. The average Bonchev–Trinajstić information content (AvgIpc) is 3.21. The molecular formula is C17H22Cl2N2O. The Balaban J connectivity index is 1.59. The fourth-order valence-corrected chi connectivity index (χ4v) is 3.39. The second-order valence-electron chi connectivity index (χ2n) is 6.40. The number of hydrogen-bond donors (Lipinski definition) is 1. The lowest BCUT2D eigenvalue weighted by Gasteiger charge is -2.23. The molecule has 3 rings (SSSR count). The molecule has 1 unspecified atom stereocenters. The quantitative estimate of drug-likeness (QED) is 0.852. The maximum Gasteiger partial charge on any atom is 0.223 e. The fourth-order valence-electron chi connectivity index (χ4n) is 3.07. The number of nitrogens with zero attached hydrogens (tertiary/aromatic N) is 1. The van der Waals surface area contributed by atoms with Gasteiger partial charge in [-0.3, -0.25) is 4.79 Å². The highest BCUT2D eigenvalue weighted by Crippen LogP contribution is 2.31. The summed E-state index contributed by atoms with van der Waals surface area (Å²) in [6, 6.07) is 6.05. The maximum atomic E-state index is 12.6. The lowest BCUT2D eigenvalue weighted by molar-refractivity contribution is -0.132. The van der Waals surface area contributed by atoms with Gasteiger partial charge in [-0.25, -0.2) is 0 Å². The van der Waals surface area contributed by atoms with Gasteiger partial charge in [-0.2, -0.15) is 0 Å². The molecule has 1 aliphatic heterocycles. The first-order valence-electron chi connectivity index (χ1n) is 8.07. The second kappa shape index (κ2) is 7.20. The van der Waals surface area contributed by atoms with Crippen LogP contribution in [-0.2, 0) is 11.3 Å². The Hall–Kier alpha value is -0.770. The fraction of sp³-hybridized carbons (Fsp3) is 0.588. The third-order valence-electron chi connectivity index (χ3n) is 4.57. The largest absolute Gasteiger partial charge is 0.335 e. The van der Waals surface area contributed by atoms with E-state index in [4.69, 9.17) is 23.2 Å². The molecular weight excluding hydrogens is 319 g/mol. The molecule has 5 heteroatoms. The van der Waals surface area contributed by atoms with Crippen LogP contribution in [0, 0.1) is 5.92 Å². The first kappa shape index (κ1) is 16.1. The summed E-state index contributed by atoms with van der Waals surface area (Å²) in [4.78, 5) is 14.6. The van der Waals surface area contributed by atoms with Gasteiger partial charge in [0.05, 0.1) is 10.0 Å². The summed E-state index contributed by atoms with van der Waals surface area (Å²) in [6.07, 6.45) is 5.10. The standard InChI is InChI=1S/C17H22Cl2N2O/c18-15-5-1-13(9-16(15)19)11-21(14-3-4-14)17(22)6-2-12-7-8-20-10-12/h1,5,9,12,14,20H,2-4,6-8,10-11H2. The van der Waals surface area contributed by atoms with E-state index < -0.39 is 0 Å². The summed E-state index contributed by atoms with van der Waals surface area (Å²) in [5, 5.41) is 4.47. The molecule has 3 nitrogen and oxygen atoms in total. The van der Waals surface area contributed by atoms with Gasteiger partial charge in [0.1, 0.15) is 0 Å². The maximum absolute atomic E-state index is 12.6. The highest BCUT2D eigenvalue weighted by molar-refractivity contribution is 6.42. The molecule has 0 radical (unpaired) electrons. The summed E-state index contributed by atoms with van der Waals surface area (Å²) in [7, 11) is 0. The number of rotatable bonds is 6. The van der Waals surface area contributed by atoms with Crippen LogP contribution in [-0.4, -0.2) is 29.9 Å². The van der Waals surface area contributed by atoms with Crippen molar-refractivity contribution in [2.24, 2.45) is 5.92 Å². The predicted molar refractivity (Wildman–Crippen MR) is 90.2 cm³/mol. The van der Waals surface area contributed by atoms with Crippen molar-refractivity contribution in [2.75, 3.05) is 13.1 Å². The minimum absolute atomic E-state index is 0.278. The zero-order chi connectivity index (χ0) is 15.5. The van der Waals surface area contributed by atoms with Gasteiger partial charge in [0, 0.05) is 19.0 Å². The monoisotopic (exact) mass is 340 g/mol. The van der Waals surface area contributed by atoms with Gasteiger partial charge in [0.2, 0.25) is 5.91 Å². The van der Waals surface area contributed by atoms with Crippen LogP contribution >= 0.6 is 23.2 Å². The van der Waals surface area contributed by atoms with Crippen LogP contribution in [0.3, 0.4) is 0 Å². The molecule has 1 heterocycles. The van der Waals surface area contributed by atoms with Crippen molar-refractivity contribution in [1.82, 2.24) is 10.2 Å². The SMILES string of the molecule is O=C(CCC1CCNC1)N(Cc1ccc(Cl)c(Cl)c1)C1CC1. The van der Waals surface area contributed by atoms with E-state index >= 15 is 0 Å². The molecule has 1 aromatic rings. The van der Waals surface area contributed by atoms with Gasteiger partial charge in [-0.15, -0.1) is 0 Å². The van der Waals surface area contributed by atoms with Crippen molar-refractivity contribution in [1.29, 1.82) is 0 Å². The van der Waals surface area contributed by atoms with E-state index in [9.17, 15) is 4.79 Å². The second-order valence-corrected chi connectivity index (χ2v) is 7.21. The Morgan fingerprint density at radius 3 is 2.68 bits per heavy atom. The number of halogens is 2. The van der Waals surface area contributed by atoms with Gasteiger partial charge in [0.15, 0.2) is 0 Å². The van der Waals surface area contributed by atoms with Crippen molar-refractivity contribution in [2.45, 2.75) is 44.7 Å². The first-order chi connectivity index (χ1) is 10.6. The molecule has 0 aromatic heterocycles. The van der Waals surface area contributed by atoms with Gasteiger partial charge >= 0.3 is 0 Å². The zero-order valence-electron chi connectivity index (χ0n) is 12.7. The van der Waals surface area contributed by atoms with Crippen LogP contribution in [0.15, 0.2) is 18.2 Å². The molecule has 1 aliphatic carbocycles. The number of carbonyl (C=O) groups excluding carboxylic acids is 1. The minimum Gasteiger partial charge on any atom is -0.335 e. The van der Waals surface area contributed by atoms with Crippen molar-refractivity contribution in [3.63, 3.8) is 0 Å². The molecule has 1 aromatic carbocycles. The Labute approximate surface area is 142 Å². The molecule has 1 saturated carbocycles. The van der Waals surface area contributed by atoms with Gasteiger partial charge in [0.25, 0.3) is 0 Å². The molecule has 2 fully saturated rings. The van der Waals surface area contributed by atoms with Crippen molar-refractivity contribution >= 4 is 29.1 Å². The topological polar surface area (TPSA) is 32.3 Å². The number of amides is 1. The minimum atomic E-state index is 0.278. The molecule has 0 spiro atoms. The Bertz CT molecular complexity index is 539. The molecule has 1 saturated heterocycles.